The molecule has 2 aliphatic carbocycles. The van der Waals surface area contributed by atoms with Crippen molar-refractivity contribution in [3.05, 3.63) is 59.7 Å². The highest BCUT2D eigenvalue weighted by Gasteiger charge is 2.47. The first-order chi connectivity index (χ1) is 16.4. The van der Waals surface area contributed by atoms with Gasteiger partial charge in [-0.2, -0.15) is 0 Å². The van der Waals surface area contributed by atoms with E-state index in [-0.39, 0.29) is 36.9 Å². The zero-order chi connectivity index (χ0) is 23.9. The molecule has 1 heterocycles. The van der Waals surface area contributed by atoms with Gasteiger partial charge in [-0.25, -0.2) is 4.79 Å². The van der Waals surface area contributed by atoms with Gasteiger partial charge in [-0.15, -0.1) is 0 Å². The number of carboxylic acid groups (broad SMARTS) is 1. The van der Waals surface area contributed by atoms with E-state index in [4.69, 9.17) is 4.74 Å². The third kappa shape index (κ3) is 3.83. The molecule has 7 heteroatoms. The van der Waals surface area contributed by atoms with Gasteiger partial charge in [-0.3, -0.25) is 9.59 Å². The monoisotopic (exact) mass is 462 g/mol. The van der Waals surface area contributed by atoms with Gasteiger partial charge in [-0.1, -0.05) is 55.5 Å². The van der Waals surface area contributed by atoms with Gasteiger partial charge in [0, 0.05) is 31.0 Å². The summed E-state index contributed by atoms with van der Waals surface area (Å²) in [4.78, 5) is 38.6. The minimum atomic E-state index is -0.825. The van der Waals surface area contributed by atoms with Gasteiger partial charge in [0.2, 0.25) is 5.91 Å². The second kappa shape index (κ2) is 8.78. The van der Waals surface area contributed by atoms with Crippen LogP contribution in [-0.4, -0.2) is 53.7 Å². The molecular formula is C27H30N2O5. The smallest absolute Gasteiger partial charge is 0.407 e. The summed E-state index contributed by atoms with van der Waals surface area (Å²) in [5.74, 6) is -0.978. The van der Waals surface area contributed by atoms with E-state index in [1.807, 2.05) is 31.2 Å². The van der Waals surface area contributed by atoms with Gasteiger partial charge in [-0.05, 0) is 47.9 Å². The van der Waals surface area contributed by atoms with Gasteiger partial charge in [0.05, 0.1) is 5.41 Å². The van der Waals surface area contributed by atoms with Gasteiger partial charge in [0.25, 0.3) is 0 Å². The van der Waals surface area contributed by atoms with Crippen LogP contribution in [0.1, 0.15) is 49.7 Å². The molecule has 2 N–H and O–H groups in total. The van der Waals surface area contributed by atoms with Gasteiger partial charge < -0.3 is 20.1 Å². The number of ether oxygens (including phenoxy) is 1. The van der Waals surface area contributed by atoms with E-state index in [1.54, 1.807) is 4.90 Å². The number of nitrogens with zero attached hydrogens (tertiary/aromatic N) is 1. The highest BCUT2D eigenvalue weighted by molar-refractivity contribution is 5.83. The largest absolute Gasteiger partial charge is 0.481 e. The minimum absolute atomic E-state index is 0.00200. The maximum absolute atomic E-state index is 12.8. The molecule has 3 aliphatic rings. The fourth-order valence-corrected chi connectivity index (χ4v) is 5.68. The van der Waals surface area contributed by atoms with Crippen LogP contribution in [0.15, 0.2) is 48.5 Å². The lowest BCUT2D eigenvalue weighted by Gasteiger charge is -2.37. The Bertz CT molecular complexity index is 1080. The van der Waals surface area contributed by atoms with Crippen LogP contribution in [-0.2, 0) is 14.3 Å². The Morgan fingerprint density at radius 3 is 2.24 bits per heavy atom. The quantitative estimate of drug-likeness (QED) is 0.676. The number of benzene rings is 2. The molecule has 1 unspecified atom stereocenters. The van der Waals surface area contributed by atoms with Gasteiger partial charge >= 0.3 is 12.1 Å². The molecule has 0 spiro atoms. The van der Waals surface area contributed by atoms with Crippen molar-refractivity contribution in [1.29, 1.82) is 0 Å². The molecular weight excluding hydrogens is 432 g/mol. The molecule has 2 aromatic carbocycles. The molecule has 0 bridgehead atoms. The third-order valence-corrected chi connectivity index (χ3v) is 7.95. The number of rotatable bonds is 6. The number of carboxylic acids is 1. The van der Waals surface area contributed by atoms with Gasteiger partial charge in [0.1, 0.15) is 6.61 Å². The van der Waals surface area contributed by atoms with Crippen molar-refractivity contribution in [2.75, 3.05) is 19.7 Å². The van der Waals surface area contributed by atoms with Crippen LogP contribution in [0.5, 0.6) is 0 Å². The van der Waals surface area contributed by atoms with Crippen LogP contribution < -0.4 is 5.32 Å². The molecule has 0 aromatic heterocycles. The fraction of sp³-hybridized carbons (Fsp3) is 0.444. The van der Waals surface area contributed by atoms with E-state index < -0.39 is 17.5 Å². The maximum atomic E-state index is 12.8. The molecule has 34 heavy (non-hydrogen) atoms. The van der Waals surface area contributed by atoms with Crippen molar-refractivity contribution in [1.82, 2.24) is 10.2 Å². The van der Waals surface area contributed by atoms with Crippen molar-refractivity contribution in [3.8, 4) is 11.1 Å². The second-order valence-electron chi connectivity index (χ2n) is 9.78. The first kappa shape index (κ1) is 22.4. The van der Waals surface area contributed by atoms with Crippen LogP contribution in [0, 0.1) is 11.3 Å². The van der Waals surface area contributed by atoms with E-state index >= 15 is 0 Å². The minimum Gasteiger partial charge on any atom is -0.481 e. The number of carbonyl (C=O) groups excluding carboxylic acids is 2. The van der Waals surface area contributed by atoms with Crippen LogP contribution in [0.2, 0.25) is 0 Å². The Kier molecular flexibility index (Phi) is 5.80. The molecule has 1 aliphatic heterocycles. The Balaban J connectivity index is 1.11. The lowest BCUT2D eigenvalue weighted by molar-refractivity contribution is -0.149. The molecule has 7 nitrogen and oxygen atoms in total. The van der Waals surface area contributed by atoms with Crippen molar-refractivity contribution in [3.63, 3.8) is 0 Å². The van der Waals surface area contributed by atoms with E-state index in [9.17, 15) is 19.5 Å². The van der Waals surface area contributed by atoms with Crippen LogP contribution in [0.25, 0.3) is 11.1 Å². The Labute approximate surface area is 199 Å². The number of likely N-dealkylation sites (tertiary alicyclic amines) is 1. The number of hydrogen-bond acceptors (Lipinski definition) is 4. The molecule has 2 fully saturated rings. The Hall–Kier alpha value is -3.35. The number of aliphatic carboxylic acids is 1. The standard InChI is InChI=1S/C27H30N2O5/c1-2-27(25(31)32)11-12-29(16-27)24(30)17-13-18(14-17)28-26(33)34-15-23-21-9-5-3-7-19(21)20-8-4-6-10-22(20)23/h3-10,17-18,23H,2,11-16H2,1H3,(H,28,33)(H,31,32). The highest BCUT2D eigenvalue weighted by Crippen LogP contribution is 2.44. The summed E-state index contributed by atoms with van der Waals surface area (Å²) in [5.41, 5.74) is 3.88. The molecule has 2 amide bonds. The summed E-state index contributed by atoms with van der Waals surface area (Å²) in [7, 11) is 0. The van der Waals surface area contributed by atoms with Crippen LogP contribution in [0.3, 0.4) is 0 Å². The summed E-state index contributed by atoms with van der Waals surface area (Å²) in [5, 5.41) is 12.4. The summed E-state index contributed by atoms with van der Waals surface area (Å²) in [6.07, 6.45) is 1.67. The summed E-state index contributed by atoms with van der Waals surface area (Å²) in [6.45, 7) is 2.88. The lowest BCUT2D eigenvalue weighted by atomic mass is 9.79. The predicted octanol–water partition coefficient (Wildman–Crippen LogP) is 4.02. The van der Waals surface area contributed by atoms with E-state index in [0.717, 1.165) is 0 Å². The molecule has 0 radical (unpaired) electrons. The number of carbonyl (C=O) groups is 3. The zero-order valence-corrected chi connectivity index (χ0v) is 19.3. The van der Waals surface area contributed by atoms with Gasteiger partial charge in [0.15, 0.2) is 0 Å². The predicted molar refractivity (Wildman–Crippen MR) is 126 cm³/mol. The zero-order valence-electron chi connectivity index (χ0n) is 19.3. The van der Waals surface area contributed by atoms with E-state index in [0.29, 0.717) is 32.2 Å². The number of fused-ring (bicyclic) bond motifs is 3. The number of alkyl carbamates (subject to hydrolysis) is 1. The van der Waals surface area contributed by atoms with Crippen molar-refractivity contribution < 1.29 is 24.2 Å². The van der Waals surface area contributed by atoms with Crippen LogP contribution >= 0.6 is 0 Å². The average Bonchev–Trinajstić information content (AvgIpc) is 3.40. The van der Waals surface area contributed by atoms with Crippen LogP contribution in [0.4, 0.5) is 4.79 Å². The highest BCUT2D eigenvalue weighted by atomic mass is 16.5. The molecule has 5 rings (SSSR count). The van der Waals surface area contributed by atoms with E-state index in [1.165, 1.54) is 22.3 Å². The lowest BCUT2D eigenvalue weighted by Crippen LogP contribution is -2.50. The Morgan fingerprint density at radius 2 is 1.68 bits per heavy atom. The number of amides is 2. The van der Waals surface area contributed by atoms with Crippen molar-refractivity contribution in [2.24, 2.45) is 11.3 Å². The van der Waals surface area contributed by atoms with Crippen molar-refractivity contribution in [2.45, 2.75) is 44.6 Å². The molecule has 1 atom stereocenters. The molecule has 178 valence electrons. The normalized spacial score (nSPS) is 25.3. The fourth-order valence-electron chi connectivity index (χ4n) is 5.68. The topological polar surface area (TPSA) is 95.9 Å². The SMILES string of the molecule is CCC1(C(=O)O)CCN(C(=O)C2CC(NC(=O)OCC3c4ccccc4-c4ccccc43)C2)C1. The Morgan fingerprint density at radius 1 is 1.06 bits per heavy atom. The van der Waals surface area contributed by atoms with E-state index in [2.05, 4.69) is 29.6 Å². The third-order valence-electron chi connectivity index (χ3n) is 7.95. The molecule has 2 aromatic rings. The molecule has 1 saturated heterocycles. The first-order valence-electron chi connectivity index (χ1n) is 12.1. The van der Waals surface area contributed by atoms with Crippen molar-refractivity contribution >= 4 is 18.0 Å². The summed E-state index contributed by atoms with van der Waals surface area (Å²) >= 11 is 0. The number of hydrogen-bond donors (Lipinski definition) is 2. The second-order valence-corrected chi connectivity index (χ2v) is 9.78. The first-order valence-corrected chi connectivity index (χ1v) is 12.1. The summed E-state index contributed by atoms with van der Waals surface area (Å²) < 4.78 is 5.60. The number of nitrogens with one attached hydrogen (secondary N) is 1. The average molecular weight is 463 g/mol. The molecule has 1 saturated carbocycles. The maximum Gasteiger partial charge on any atom is 0.407 e. The summed E-state index contributed by atoms with van der Waals surface area (Å²) in [6, 6.07) is 16.3.